The lowest BCUT2D eigenvalue weighted by Crippen LogP contribution is -2.55. The van der Waals surface area contributed by atoms with Crippen LogP contribution in [0.15, 0.2) is 24.9 Å². The molecule has 2 aromatic heterocycles. The molecule has 0 spiro atoms. The summed E-state index contributed by atoms with van der Waals surface area (Å²) < 4.78 is 1.81. The van der Waals surface area contributed by atoms with E-state index in [0.29, 0.717) is 32.5 Å². The Hall–Kier alpha value is -2.70. The molecule has 0 radical (unpaired) electrons. The molecule has 138 valence electrons. The van der Waals surface area contributed by atoms with Gasteiger partial charge in [0.1, 0.15) is 0 Å². The molecule has 26 heavy (non-hydrogen) atoms. The van der Waals surface area contributed by atoms with Gasteiger partial charge in [0.05, 0.1) is 6.20 Å². The van der Waals surface area contributed by atoms with Gasteiger partial charge in [0.25, 0.3) is 0 Å². The molecule has 7 heteroatoms. The Kier molecular flexibility index (Phi) is 5.06. The minimum absolute atomic E-state index is 0.00839. The second kappa shape index (κ2) is 7.27. The van der Waals surface area contributed by atoms with Gasteiger partial charge in [0, 0.05) is 49.6 Å². The van der Waals surface area contributed by atoms with Crippen molar-refractivity contribution in [3.63, 3.8) is 0 Å². The molecule has 0 aliphatic carbocycles. The Morgan fingerprint density at radius 2 is 2.12 bits per heavy atom. The highest BCUT2D eigenvalue weighted by Crippen LogP contribution is 2.18. The third-order valence-corrected chi connectivity index (χ3v) is 5.12. The van der Waals surface area contributed by atoms with Crippen LogP contribution in [0.4, 0.5) is 0 Å². The van der Waals surface area contributed by atoms with Gasteiger partial charge in [-0.1, -0.05) is 6.58 Å². The van der Waals surface area contributed by atoms with Crippen molar-refractivity contribution in [2.45, 2.75) is 39.7 Å². The number of rotatable bonds is 4. The lowest BCUT2D eigenvalue weighted by Gasteiger charge is -2.39. The molecule has 0 bridgehead atoms. The fourth-order valence-corrected chi connectivity index (χ4v) is 3.66. The molecular formula is C19H25N5O2. The van der Waals surface area contributed by atoms with Crippen molar-refractivity contribution in [3.8, 4) is 0 Å². The molecule has 3 heterocycles. The number of carbonyl (C=O) groups is 2. The van der Waals surface area contributed by atoms with E-state index in [-0.39, 0.29) is 17.9 Å². The zero-order valence-corrected chi connectivity index (χ0v) is 15.6. The first-order valence-corrected chi connectivity index (χ1v) is 8.93. The zero-order chi connectivity index (χ0) is 18.8. The summed E-state index contributed by atoms with van der Waals surface area (Å²) in [5.74, 6) is 0.0383. The van der Waals surface area contributed by atoms with Crippen LogP contribution in [0.1, 0.15) is 30.3 Å². The molecule has 1 aliphatic heterocycles. The molecule has 2 aromatic rings. The largest absolute Gasteiger partial charge is 0.336 e. The highest BCUT2D eigenvalue weighted by molar-refractivity contribution is 5.87. The maximum Gasteiger partial charge on any atom is 0.246 e. The van der Waals surface area contributed by atoms with Gasteiger partial charge in [0.2, 0.25) is 11.8 Å². The molecule has 2 amide bonds. The minimum Gasteiger partial charge on any atom is -0.336 e. The van der Waals surface area contributed by atoms with Gasteiger partial charge in [-0.05, 0) is 38.8 Å². The second-order valence-corrected chi connectivity index (χ2v) is 6.79. The smallest absolute Gasteiger partial charge is 0.246 e. The fraction of sp³-hybridized carbons (Fsp3) is 0.474. The van der Waals surface area contributed by atoms with Gasteiger partial charge >= 0.3 is 0 Å². The lowest BCUT2D eigenvalue weighted by atomic mass is 10.0. The Bertz CT molecular complexity index is 857. The van der Waals surface area contributed by atoms with E-state index in [1.165, 1.54) is 6.08 Å². The van der Waals surface area contributed by atoms with Crippen LogP contribution < -0.4 is 0 Å². The Balaban J connectivity index is 1.66. The van der Waals surface area contributed by atoms with Gasteiger partial charge in [-0.2, -0.15) is 5.10 Å². The first-order chi connectivity index (χ1) is 12.4. The molecule has 0 unspecified atom stereocenters. The maximum absolute atomic E-state index is 12.7. The van der Waals surface area contributed by atoms with E-state index < -0.39 is 0 Å². The van der Waals surface area contributed by atoms with E-state index in [1.54, 1.807) is 11.1 Å². The average Bonchev–Trinajstić information content (AvgIpc) is 3.09. The summed E-state index contributed by atoms with van der Waals surface area (Å²) in [4.78, 5) is 32.6. The highest BCUT2D eigenvalue weighted by atomic mass is 16.2. The number of fused-ring (bicyclic) bond motifs is 1. The number of aryl methyl sites for hydroxylation is 2. The first kappa shape index (κ1) is 18.1. The number of aromatic nitrogens is 3. The van der Waals surface area contributed by atoms with Crippen LogP contribution in [-0.2, 0) is 16.0 Å². The molecule has 1 fully saturated rings. The van der Waals surface area contributed by atoms with Crippen LogP contribution in [0.25, 0.3) is 5.65 Å². The molecule has 0 aromatic carbocycles. The summed E-state index contributed by atoms with van der Waals surface area (Å²) in [6.07, 6.45) is 4.12. The number of hydrogen-bond donors (Lipinski definition) is 0. The third-order valence-electron chi connectivity index (χ3n) is 5.12. The minimum atomic E-state index is -0.0752. The lowest BCUT2D eigenvalue weighted by molar-refractivity contribution is -0.140. The average molecular weight is 355 g/mol. The monoisotopic (exact) mass is 355 g/mol. The van der Waals surface area contributed by atoms with E-state index in [9.17, 15) is 9.59 Å². The van der Waals surface area contributed by atoms with E-state index >= 15 is 0 Å². The predicted molar refractivity (Wildman–Crippen MR) is 98.7 cm³/mol. The van der Waals surface area contributed by atoms with Crippen molar-refractivity contribution >= 4 is 17.5 Å². The summed E-state index contributed by atoms with van der Waals surface area (Å²) in [6, 6.07) is 1.88. The summed E-state index contributed by atoms with van der Waals surface area (Å²) in [7, 11) is 0. The quantitative estimate of drug-likeness (QED) is 0.780. The van der Waals surface area contributed by atoms with E-state index in [2.05, 4.69) is 16.7 Å². The molecule has 1 saturated heterocycles. The van der Waals surface area contributed by atoms with E-state index in [4.69, 9.17) is 0 Å². The van der Waals surface area contributed by atoms with Crippen LogP contribution in [0.3, 0.4) is 0 Å². The van der Waals surface area contributed by atoms with Crippen molar-refractivity contribution in [1.29, 1.82) is 0 Å². The summed E-state index contributed by atoms with van der Waals surface area (Å²) in [6.45, 7) is 11.2. The van der Waals surface area contributed by atoms with Crippen LogP contribution in [0.2, 0.25) is 0 Å². The fourth-order valence-electron chi connectivity index (χ4n) is 3.66. The van der Waals surface area contributed by atoms with Gasteiger partial charge < -0.3 is 9.80 Å². The van der Waals surface area contributed by atoms with Crippen LogP contribution >= 0.6 is 0 Å². The molecule has 3 rings (SSSR count). The number of nitrogens with zero attached hydrogens (tertiary/aromatic N) is 5. The van der Waals surface area contributed by atoms with Crippen LogP contribution in [0.5, 0.6) is 0 Å². The molecule has 7 nitrogen and oxygen atoms in total. The number of hydrogen-bond acceptors (Lipinski definition) is 4. The molecule has 0 N–H and O–H groups in total. The molecular weight excluding hydrogens is 330 g/mol. The van der Waals surface area contributed by atoms with E-state index in [0.717, 1.165) is 22.6 Å². The number of carbonyl (C=O) groups excluding carboxylic acids is 2. The third kappa shape index (κ3) is 3.34. The van der Waals surface area contributed by atoms with Crippen molar-refractivity contribution < 1.29 is 9.59 Å². The summed E-state index contributed by atoms with van der Waals surface area (Å²) >= 11 is 0. The number of amides is 2. The predicted octanol–water partition coefficient (Wildman–Crippen LogP) is 1.52. The Morgan fingerprint density at radius 3 is 2.81 bits per heavy atom. The van der Waals surface area contributed by atoms with Gasteiger partial charge in [0.15, 0.2) is 5.65 Å². The van der Waals surface area contributed by atoms with E-state index in [1.807, 2.05) is 36.3 Å². The molecule has 0 saturated carbocycles. The maximum atomic E-state index is 12.7. The second-order valence-electron chi connectivity index (χ2n) is 6.79. The highest BCUT2D eigenvalue weighted by Gasteiger charge is 2.28. The zero-order valence-electron chi connectivity index (χ0n) is 15.6. The van der Waals surface area contributed by atoms with Crippen LogP contribution in [-0.4, -0.2) is 61.9 Å². The molecule has 1 aliphatic rings. The SMILES string of the molecule is C=CC(=O)N1CCN(C(=O)CCc2c(C)nc3ccnn3c2C)[C@@H](C)C1. The summed E-state index contributed by atoms with van der Waals surface area (Å²) in [5, 5.41) is 4.30. The normalized spacial score (nSPS) is 17.6. The number of piperazine rings is 1. The van der Waals surface area contributed by atoms with Crippen LogP contribution in [0, 0.1) is 13.8 Å². The van der Waals surface area contributed by atoms with Gasteiger partial charge in [-0.25, -0.2) is 9.50 Å². The Morgan fingerprint density at radius 1 is 1.35 bits per heavy atom. The van der Waals surface area contributed by atoms with Gasteiger partial charge in [-0.15, -0.1) is 0 Å². The van der Waals surface area contributed by atoms with Gasteiger partial charge in [-0.3, -0.25) is 9.59 Å². The standard InChI is InChI=1S/C19H25N5O2/c1-5-18(25)22-10-11-23(13(2)12-22)19(26)7-6-16-14(3)21-17-8-9-20-24(17)15(16)4/h5,8-9,13H,1,6-7,10-12H2,2-4H3/t13-/m0/s1. The Labute approximate surface area is 153 Å². The first-order valence-electron chi connectivity index (χ1n) is 8.93. The topological polar surface area (TPSA) is 70.8 Å². The summed E-state index contributed by atoms with van der Waals surface area (Å²) in [5.41, 5.74) is 3.87. The van der Waals surface area contributed by atoms with Crippen molar-refractivity contribution in [2.75, 3.05) is 19.6 Å². The van der Waals surface area contributed by atoms with Crippen molar-refractivity contribution in [2.24, 2.45) is 0 Å². The van der Waals surface area contributed by atoms with Crippen molar-refractivity contribution in [3.05, 3.63) is 41.9 Å². The van der Waals surface area contributed by atoms with Crippen molar-refractivity contribution in [1.82, 2.24) is 24.4 Å². The molecule has 1 atom stereocenters.